The van der Waals surface area contributed by atoms with Crippen molar-refractivity contribution in [2.75, 3.05) is 32.8 Å². The van der Waals surface area contributed by atoms with E-state index in [2.05, 4.69) is 11.8 Å². The molecule has 0 saturated carbocycles. The molecule has 3 atom stereocenters. The van der Waals surface area contributed by atoms with Crippen LogP contribution in [0, 0.1) is 11.8 Å². The summed E-state index contributed by atoms with van der Waals surface area (Å²) < 4.78 is 5.60. The Morgan fingerprint density at radius 1 is 1.44 bits per heavy atom. The van der Waals surface area contributed by atoms with Crippen LogP contribution in [-0.2, 0) is 4.74 Å². The molecule has 16 heavy (non-hydrogen) atoms. The Labute approximate surface area is 99.3 Å². The van der Waals surface area contributed by atoms with Gasteiger partial charge in [-0.2, -0.15) is 0 Å². The molecule has 0 bridgehead atoms. The fourth-order valence-corrected chi connectivity index (χ4v) is 3.21. The molecular weight excluding hydrogens is 200 g/mol. The lowest BCUT2D eigenvalue weighted by Crippen LogP contribution is -2.47. The van der Waals surface area contributed by atoms with Gasteiger partial charge in [0, 0.05) is 25.7 Å². The minimum absolute atomic E-state index is 0.567. The summed E-state index contributed by atoms with van der Waals surface area (Å²) in [6.07, 6.45) is 5.19. The van der Waals surface area contributed by atoms with Crippen LogP contribution in [-0.4, -0.2) is 43.8 Å². The Hall–Kier alpha value is -0.120. The maximum atomic E-state index is 5.97. The average Bonchev–Trinajstić information content (AvgIpc) is 2.80. The van der Waals surface area contributed by atoms with Gasteiger partial charge in [-0.15, -0.1) is 0 Å². The van der Waals surface area contributed by atoms with E-state index in [1.165, 1.54) is 38.8 Å². The van der Waals surface area contributed by atoms with Crippen LogP contribution in [0.1, 0.15) is 32.6 Å². The molecule has 2 fully saturated rings. The van der Waals surface area contributed by atoms with Crippen molar-refractivity contribution >= 4 is 0 Å². The van der Waals surface area contributed by atoms with Crippen molar-refractivity contribution in [2.45, 2.75) is 38.6 Å². The molecule has 3 unspecified atom stereocenters. The second-order valence-electron chi connectivity index (χ2n) is 5.34. The van der Waals surface area contributed by atoms with Gasteiger partial charge in [0.15, 0.2) is 0 Å². The van der Waals surface area contributed by atoms with E-state index in [0.29, 0.717) is 12.0 Å². The molecular formula is C13H26N2O. The fourth-order valence-electron chi connectivity index (χ4n) is 3.21. The number of nitrogens with two attached hydrogens (primary N) is 1. The van der Waals surface area contributed by atoms with Gasteiger partial charge in [0.25, 0.3) is 0 Å². The van der Waals surface area contributed by atoms with Gasteiger partial charge in [-0.1, -0.05) is 13.3 Å². The monoisotopic (exact) mass is 226 g/mol. The van der Waals surface area contributed by atoms with Crippen molar-refractivity contribution in [2.24, 2.45) is 17.6 Å². The maximum absolute atomic E-state index is 5.97. The zero-order valence-electron chi connectivity index (χ0n) is 10.5. The van der Waals surface area contributed by atoms with E-state index < -0.39 is 0 Å². The van der Waals surface area contributed by atoms with Crippen LogP contribution in [0.4, 0.5) is 0 Å². The van der Waals surface area contributed by atoms with Crippen molar-refractivity contribution in [3.63, 3.8) is 0 Å². The highest BCUT2D eigenvalue weighted by atomic mass is 16.5. The first-order valence-corrected chi connectivity index (χ1v) is 6.87. The summed E-state index contributed by atoms with van der Waals surface area (Å²) in [4.78, 5) is 2.62. The SMILES string of the molecule is CCC1CCN(C(CN)C2CCCOC2)C1. The standard InChI is InChI=1S/C13H26N2O/c1-2-11-5-6-15(9-11)13(8-14)12-4-3-7-16-10-12/h11-13H,2-10,14H2,1H3. The van der Waals surface area contributed by atoms with Gasteiger partial charge in [-0.25, -0.2) is 0 Å². The van der Waals surface area contributed by atoms with E-state index >= 15 is 0 Å². The van der Waals surface area contributed by atoms with E-state index in [1.807, 2.05) is 0 Å². The highest BCUT2D eigenvalue weighted by molar-refractivity contribution is 4.86. The summed E-state index contributed by atoms with van der Waals surface area (Å²) >= 11 is 0. The highest BCUT2D eigenvalue weighted by Gasteiger charge is 2.32. The second-order valence-corrected chi connectivity index (χ2v) is 5.34. The number of nitrogens with zero attached hydrogens (tertiary/aromatic N) is 1. The van der Waals surface area contributed by atoms with Gasteiger partial charge in [-0.3, -0.25) is 4.90 Å². The van der Waals surface area contributed by atoms with E-state index in [4.69, 9.17) is 10.5 Å². The van der Waals surface area contributed by atoms with Gasteiger partial charge >= 0.3 is 0 Å². The summed E-state index contributed by atoms with van der Waals surface area (Å²) in [5.74, 6) is 1.58. The molecule has 2 N–H and O–H groups in total. The number of rotatable bonds is 4. The highest BCUT2D eigenvalue weighted by Crippen LogP contribution is 2.27. The molecule has 0 radical (unpaired) electrons. The Balaban J connectivity index is 1.88. The fraction of sp³-hybridized carbons (Fsp3) is 1.00. The first-order valence-electron chi connectivity index (χ1n) is 6.87. The Morgan fingerprint density at radius 2 is 2.31 bits per heavy atom. The van der Waals surface area contributed by atoms with Crippen LogP contribution in [0.3, 0.4) is 0 Å². The molecule has 3 nitrogen and oxygen atoms in total. The molecule has 2 saturated heterocycles. The van der Waals surface area contributed by atoms with E-state index in [0.717, 1.165) is 25.7 Å². The van der Waals surface area contributed by atoms with Crippen LogP contribution < -0.4 is 5.73 Å². The predicted molar refractivity (Wildman–Crippen MR) is 66.4 cm³/mol. The molecule has 2 rings (SSSR count). The number of likely N-dealkylation sites (tertiary alicyclic amines) is 1. The largest absolute Gasteiger partial charge is 0.381 e. The minimum Gasteiger partial charge on any atom is -0.381 e. The lowest BCUT2D eigenvalue weighted by molar-refractivity contribution is 0.0159. The van der Waals surface area contributed by atoms with Gasteiger partial charge in [0.2, 0.25) is 0 Å². The van der Waals surface area contributed by atoms with Gasteiger partial charge in [0.05, 0.1) is 6.61 Å². The molecule has 0 amide bonds. The summed E-state index contributed by atoms with van der Waals surface area (Å²) in [5.41, 5.74) is 5.97. The molecule has 3 heteroatoms. The van der Waals surface area contributed by atoms with Crippen LogP contribution >= 0.6 is 0 Å². The van der Waals surface area contributed by atoms with Crippen LogP contribution in [0.25, 0.3) is 0 Å². The first kappa shape index (κ1) is 12.3. The van der Waals surface area contributed by atoms with Crippen molar-refractivity contribution in [1.82, 2.24) is 4.90 Å². The molecule has 2 aliphatic heterocycles. The molecule has 0 aromatic heterocycles. The zero-order chi connectivity index (χ0) is 11.4. The molecule has 0 aliphatic carbocycles. The smallest absolute Gasteiger partial charge is 0.0509 e. The number of hydrogen-bond donors (Lipinski definition) is 1. The summed E-state index contributed by atoms with van der Waals surface area (Å²) in [6, 6.07) is 0.567. The Bertz CT molecular complexity index is 204. The van der Waals surface area contributed by atoms with Crippen LogP contribution in [0.5, 0.6) is 0 Å². The lowest BCUT2D eigenvalue weighted by atomic mass is 9.92. The molecule has 94 valence electrons. The van der Waals surface area contributed by atoms with Gasteiger partial charge in [0.1, 0.15) is 0 Å². The molecule has 0 aromatic rings. The summed E-state index contributed by atoms with van der Waals surface area (Å²) in [5, 5.41) is 0. The van der Waals surface area contributed by atoms with Crippen molar-refractivity contribution in [3.8, 4) is 0 Å². The number of ether oxygens (including phenoxy) is 1. The van der Waals surface area contributed by atoms with E-state index in [-0.39, 0.29) is 0 Å². The van der Waals surface area contributed by atoms with Gasteiger partial charge < -0.3 is 10.5 Å². The minimum atomic E-state index is 0.567. The van der Waals surface area contributed by atoms with Crippen molar-refractivity contribution < 1.29 is 4.74 Å². The average molecular weight is 226 g/mol. The van der Waals surface area contributed by atoms with Crippen LogP contribution in [0.15, 0.2) is 0 Å². The topological polar surface area (TPSA) is 38.5 Å². The number of hydrogen-bond acceptors (Lipinski definition) is 3. The third kappa shape index (κ3) is 2.76. The normalized spacial score (nSPS) is 34.1. The molecule has 2 heterocycles. The van der Waals surface area contributed by atoms with Gasteiger partial charge in [-0.05, 0) is 37.6 Å². The first-order chi connectivity index (χ1) is 7.85. The quantitative estimate of drug-likeness (QED) is 0.789. The van der Waals surface area contributed by atoms with Crippen molar-refractivity contribution in [3.05, 3.63) is 0 Å². The van der Waals surface area contributed by atoms with Crippen LogP contribution in [0.2, 0.25) is 0 Å². The summed E-state index contributed by atoms with van der Waals surface area (Å²) in [6.45, 7) is 7.48. The molecule has 0 aromatic carbocycles. The third-order valence-electron chi connectivity index (χ3n) is 4.34. The predicted octanol–water partition coefficient (Wildman–Crippen LogP) is 1.47. The molecule has 0 spiro atoms. The van der Waals surface area contributed by atoms with E-state index in [9.17, 15) is 0 Å². The lowest BCUT2D eigenvalue weighted by Gasteiger charge is -2.35. The molecule has 2 aliphatic rings. The van der Waals surface area contributed by atoms with E-state index in [1.54, 1.807) is 0 Å². The van der Waals surface area contributed by atoms with Crippen molar-refractivity contribution in [1.29, 1.82) is 0 Å². The summed E-state index contributed by atoms with van der Waals surface area (Å²) in [7, 11) is 0. The Kier molecular flexibility index (Phi) is 4.62. The second kappa shape index (κ2) is 5.99. The third-order valence-corrected chi connectivity index (χ3v) is 4.34. The maximum Gasteiger partial charge on any atom is 0.0509 e. The Morgan fingerprint density at radius 3 is 2.88 bits per heavy atom. The zero-order valence-corrected chi connectivity index (χ0v) is 10.5.